The van der Waals surface area contributed by atoms with Gasteiger partial charge >= 0.3 is 5.97 Å². The van der Waals surface area contributed by atoms with Gasteiger partial charge < -0.3 is 20.4 Å². The molecule has 1 heterocycles. The molecule has 0 saturated heterocycles. The smallest absolute Gasteiger partial charge is 0.357 e. The topological polar surface area (TPSA) is 110 Å². The summed E-state index contributed by atoms with van der Waals surface area (Å²) >= 11 is 0. The number of methoxy groups -OCH3 is 1. The van der Waals surface area contributed by atoms with Crippen LogP contribution in [0.5, 0.6) is 0 Å². The second kappa shape index (κ2) is 7.33. The van der Waals surface area contributed by atoms with Gasteiger partial charge in [0, 0.05) is 25.4 Å². The normalized spacial score (nSPS) is 10.0. The third kappa shape index (κ3) is 3.55. The first-order valence-electron chi connectivity index (χ1n) is 7.31. The largest absolute Gasteiger partial charge is 0.464 e. The summed E-state index contributed by atoms with van der Waals surface area (Å²) in [5, 5.41) is 11.8. The van der Waals surface area contributed by atoms with E-state index in [1.807, 2.05) is 30.3 Å². The van der Waals surface area contributed by atoms with Gasteiger partial charge in [-0.3, -0.25) is 4.79 Å². The minimum absolute atomic E-state index is 0.0683. The predicted octanol–water partition coefficient (Wildman–Crippen LogP) is 1.40. The molecule has 0 bridgehead atoms. The van der Waals surface area contributed by atoms with E-state index in [9.17, 15) is 9.59 Å². The van der Waals surface area contributed by atoms with Crippen molar-refractivity contribution < 1.29 is 14.3 Å². The Labute approximate surface area is 139 Å². The number of hydrogen-bond donors (Lipinski definition) is 2. The minimum Gasteiger partial charge on any atom is -0.464 e. The number of carbonyl (C=O) groups is 2. The standard InChI is InChI=1S/C17H18N4O3/c1-11(22)20-8-7-12-3-5-14(6-4-12)21-10-13(9-18)15(19)16(21)17(23)24-2/h3-6,10H,7-8,19H2,1-2H3,(H,20,22). The summed E-state index contributed by atoms with van der Waals surface area (Å²) in [5.74, 6) is -0.676. The van der Waals surface area contributed by atoms with Crippen molar-refractivity contribution in [1.82, 2.24) is 9.88 Å². The molecule has 0 radical (unpaired) electrons. The number of esters is 1. The van der Waals surface area contributed by atoms with Crippen LogP contribution in [0.25, 0.3) is 5.69 Å². The van der Waals surface area contributed by atoms with Crippen LogP contribution in [0.15, 0.2) is 30.5 Å². The fraction of sp³-hybridized carbons (Fsp3) is 0.235. The maximum Gasteiger partial charge on any atom is 0.357 e. The van der Waals surface area contributed by atoms with Crippen LogP contribution in [-0.4, -0.2) is 30.1 Å². The number of anilines is 1. The van der Waals surface area contributed by atoms with Crippen molar-refractivity contribution in [3.05, 3.63) is 47.3 Å². The summed E-state index contributed by atoms with van der Waals surface area (Å²) in [4.78, 5) is 22.8. The number of rotatable bonds is 5. The molecule has 0 unspecified atom stereocenters. The highest BCUT2D eigenvalue weighted by Gasteiger charge is 2.21. The number of carbonyl (C=O) groups excluding carboxylic acids is 2. The Kier molecular flexibility index (Phi) is 5.22. The van der Waals surface area contributed by atoms with Crippen LogP contribution in [0, 0.1) is 11.3 Å². The number of hydrogen-bond acceptors (Lipinski definition) is 5. The van der Waals surface area contributed by atoms with Crippen molar-refractivity contribution >= 4 is 17.6 Å². The zero-order valence-electron chi connectivity index (χ0n) is 13.5. The van der Waals surface area contributed by atoms with E-state index < -0.39 is 5.97 Å². The lowest BCUT2D eigenvalue weighted by molar-refractivity contribution is -0.118. The van der Waals surface area contributed by atoms with Crippen LogP contribution < -0.4 is 11.1 Å². The average molecular weight is 326 g/mol. The molecule has 24 heavy (non-hydrogen) atoms. The minimum atomic E-state index is -0.608. The number of aromatic nitrogens is 1. The molecule has 1 amide bonds. The van der Waals surface area contributed by atoms with Gasteiger partial charge in [-0.2, -0.15) is 5.26 Å². The first-order chi connectivity index (χ1) is 11.5. The fourth-order valence-corrected chi connectivity index (χ4v) is 2.32. The van der Waals surface area contributed by atoms with E-state index in [1.54, 1.807) is 0 Å². The molecule has 7 nitrogen and oxygen atoms in total. The Morgan fingerprint density at radius 3 is 2.54 bits per heavy atom. The second-order valence-corrected chi connectivity index (χ2v) is 5.18. The number of nitrogen functional groups attached to an aromatic ring is 1. The number of amides is 1. The molecule has 0 fully saturated rings. The maximum atomic E-state index is 12.0. The fourth-order valence-electron chi connectivity index (χ4n) is 2.32. The molecule has 2 rings (SSSR count). The number of nitriles is 1. The molecule has 0 aliphatic rings. The lowest BCUT2D eigenvalue weighted by Gasteiger charge is -2.09. The van der Waals surface area contributed by atoms with E-state index in [4.69, 9.17) is 15.7 Å². The third-order valence-corrected chi connectivity index (χ3v) is 3.55. The second-order valence-electron chi connectivity index (χ2n) is 5.18. The molecule has 1 aromatic heterocycles. The lowest BCUT2D eigenvalue weighted by Crippen LogP contribution is -2.22. The first-order valence-corrected chi connectivity index (χ1v) is 7.31. The summed E-state index contributed by atoms with van der Waals surface area (Å²) in [6.07, 6.45) is 2.20. The Bertz CT molecular complexity index is 800. The number of nitrogens with zero attached hydrogens (tertiary/aromatic N) is 2. The molecule has 0 aliphatic carbocycles. The molecule has 124 valence electrons. The first kappa shape index (κ1) is 17.1. The molecule has 7 heteroatoms. The summed E-state index contributed by atoms with van der Waals surface area (Å²) < 4.78 is 6.29. The summed E-state index contributed by atoms with van der Waals surface area (Å²) in [6, 6.07) is 9.37. The van der Waals surface area contributed by atoms with Gasteiger partial charge in [0.05, 0.1) is 18.4 Å². The number of ether oxygens (including phenoxy) is 1. The Morgan fingerprint density at radius 1 is 1.33 bits per heavy atom. The van der Waals surface area contributed by atoms with Crippen molar-refractivity contribution in [2.75, 3.05) is 19.4 Å². The monoisotopic (exact) mass is 326 g/mol. The quantitative estimate of drug-likeness (QED) is 0.807. The average Bonchev–Trinajstić information content (AvgIpc) is 2.91. The van der Waals surface area contributed by atoms with Gasteiger partial charge in [-0.1, -0.05) is 12.1 Å². The predicted molar refractivity (Wildman–Crippen MR) is 88.6 cm³/mol. The van der Waals surface area contributed by atoms with Gasteiger partial charge in [0.15, 0.2) is 5.69 Å². The zero-order valence-corrected chi connectivity index (χ0v) is 13.5. The van der Waals surface area contributed by atoms with Gasteiger partial charge in [-0.25, -0.2) is 4.79 Å². The number of nitrogens with two attached hydrogens (primary N) is 1. The Hall–Kier alpha value is -3.27. The van der Waals surface area contributed by atoms with E-state index in [0.29, 0.717) is 18.7 Å². The molecule has 2 aromatic rings. The number of nitrogens with one attached hydrogen (secondary N) is 1. The van der Waals surface area contributed by atoms with Crippen molar-refractivity contribution in [3.63, 3.8) is 0 Å². The SMILES string of the molecule is COC(=O)c1c(N)c(C#N)cn1-c1ccc(CCNC(C)=O)cc1. The van der Waals surface area contributed by atoms with Crippen molar-refractivity contribution in [2.45, 2.75) is 13.3 Å². The molecule has 0 aliphatic heterocycles. The maximum absolute atomic E-state index is 12.0. The van der Waals surface area contributed by atoms with E-state index in [0.717, 1.165) is 5.56 Å². The van der Waals surface area contributed by atoms with Crippen molar-refractivity contribution in [1.29, 1.82) is 5.26 Å². The highest BCUT2D eigenvalue weighted by Crippen LogP contribution is 2.24. The molecular formula is C17H18N4O3. The molecule has 0 atom stereocenters. The highest BCUT2D eigenvalue weighted by molar-refractivity contribution is 5.95. The van der Waals surface area contributed by atoms with Gasteiger partial charge in [0.2, 0.25) is 5.91 Å². The van der Waals surface area contributed by atoms with Crippen LogP contribution in [0.1, 0.15) is 28.5 Å². The molecule has 1 aromatic carbocycles. The van der Waals surface area contributed by atoms with Crippen molar-refractivity contribution in [3.8, 4) is 11.8 Å². The van der Waals surface area contributed by atoms with Crippen molar-refractivity contribution in [2.24, 2.45) is 0 Å². The lowest BCUT2D eigenvalue weighted by atomic mass is 10.1. The summed E-state index contributed by atoms with van der Waals surface area (Å²) in [6.45, 7) is 2.03. The number of benzene rings is 1. The van der Waals surface area contributed by atoms with Crippen LogP contribution in [0.3, 0.4) is 0 Å². The van der Waals surface area contributed by atoms with E-state index >= 15 is 0 Å². The van der Waals surface area contributed by atoms with Crippen LogP contribution in [-0.2, 0) is 16.0 Å². The van der Waals surface area contributed by atoms with E-state index in [-0.39, 0.29) is 22.9 Å². The van der Waals surface area contributed by atoms with Crippen LogP contribution >= 0.6 is 0 Å². The highest BCUT2D eigenvalue weighted by atomic mass is 16.5. The van der Waals surface area contributed by atoms with E-state index in [1.165, 1.54) is 24.8 Å². The van der Waals surface area contributed by atoms with Gasteiger partial charge in [0.1, 0.15) is 6.07 Å². The zero-order chi connectivity index (χ0) is 17.7. The molecule has 0 saturated carbocycles. The summed E-state index contributed by atoms with van der Waals surface area (Å²) in [5.41, 5.74) is 8.02. The van der Waals surface area contributed by atoms with Gasteiger partial charge in [-0.05, 0) is 24.1 Å². The molecule has 3 N–H and O–H groups in total. The summed E-state index contributed by atoms with van der Waals surface area (Å²) in [7, 11) is 1.26. The Morgan fingerprint density at radius 2 is 2.00 bits per heavy atom. The molecular weight excluding hydrogens is 308 g/mol. The van der Waals surface area contributed by atoms with E-state index in [2.05, 4.69) is 5.32 Å². The van der Waals surface area contributed by atoms with Crippen LogP contribution in [0.4, 0.5) is 5.69 Å². The van der Waals surface area contributed by atoms with Gasteiger partial charge in [-0.15, -0.1) is 0 Å². The van der Waals surface area contributed by atoms with Gasteiger partial charge in [0.25, 0.3) is 0 Å². The Balaban J connectivity index is 2.30. The van der Waals surface area contributed by atoms with Crippen LogP contribution in [0.2, 0.25) is 0 Å². The third-order valence-electron chi connectivity index (χ3n) is 3.55. The molecule has 0 spiro atoms.